The fourth-order valence-corrected chi connectivity index (χ4v) is 2.87. The maximum absolute atomic E-state index is 12.1. The largest absolute Gasteiger partial charge is 0.379 e. The minimum absolute atomic E-state index is 0.130. The average Bonchev–Trinajstić information content (AvgIpc) is 2.83. The second-order valence-electron chi connectivity index (χ2n) is 4.78. The third kappa shape index (κ3) is 5.58. The number of sulfonamides is 1. The van der Waals surface area contributed by atoms with E-state index in [0.29, 0.717) is 25.3 Å². The van der Waals surface area contributed by atoms with Crippen molar-refractivity contribution in [3.63, 3.8) is 0 Å². The lowest BCUT2D eigenvalue weighted by atomic mass is 10.3. The van der Waals surface area contributed by atoms with Gasteiger partial charge in [-0.3, -0.25) is 5.10 Å². The van der Waals surface area contributed by atoms with Crippen molar-refractivity contribution in [2.75, 3.05) is 20.2 Å². The summed E-state index contributed by atoms with van der Waals surface area (Å²) in [5.74, 6) is 0. The fourth-order valence-electron chi connectivity index (χ4n) is 1.67. The van der Waals surface area contributed by atoms with Crippen LogP contribution in [0.1, 0.15) is 32.3 Å². The molecule has 0 amide bonds. The molecule has 0 aliphatic heterocycles. The second-order valence-corrected chi connectivity index (χ2v) is 6.48. The van der Waals surface area contributed by atoms with Crippen LogP contribution < -0.4 is 10.0 Å². The van der Waals surface area contributed by atoms with E-state index in [0.717, 1.165) is 12.8 Å². The first-order valence-electron chi connectivity index (χ1n) is 6.75. The van der Waals surface area contributed by atoms with E-state index in [-0.39, 0.29) is 11.1 Å². The zero-order valence-electron chi connectivity index (χ0n) is 12.3. The lowest BCUT2D eigenvalue weighted by Gasteiger charge is -2.08. The zero-order valence-corrected chi connectivity index (χ0v) is 13.1. The quantitative estimate of drug-likeness (QED) is 0.551. The standard InChI is InChI=1S/C12H24N4O3S/c1-10(2)19-7-5-4-6-15-20(17,18)12-11(8-13-3)9-14-16-12/h9-10,13,15H,4-8H2,1-3H3,(H,14,16). The van der Waals surface area contributed by atoms with Gasteiger partial charge >= 0.3 is 0 Å². The predicted molar refractivity (Wildman–Crippen MR) is 76.9 cm³/mol. The van der Waals surface area contributed by atoms with Gasteiger partial charge in [0.2, 0.25) is 0 Å². The van der Waals surface area contributed by atoms with Gasteiger partial charge in [-0.1, -0.05) is 0 Å². The predicted octanol–water partition coefficient (Wildman–Crippen LogP) is 0.613. The van der Waals surface area contributed by atoms with Gasteiger partial charge in [-0.15, -0.1) is 0 Å². The van der Waals surface area contributed by atoms with Crippen molar-refractivity contribution in [3.05, 3.63) is 11.8 Å². The van der Waals surface area contributed by atoms with Gasteiger partial charge in [0.15, 0.2) is 5.03 Å². The van der Waals surface area contributed by atoms with Crippen molar-refractivity contribution >= 4 is 10.0 Å². The Bertz CT molecular complexity index is 485. The second kappa shape index (κ2) is 8.35. The Balaban J connectivity index is 2.40. The van der Waals surface area contributed by atoms with E-state index in [1.54, 1.807) is 7.05 Å². The molecule has 0 unspecified atom stereocenters. The molecule has 1 aromatic rings. The van der Waals surface area contributed by atoms with Crippen molar-refractivity contribution in [1.82, 2.24) is 20.2 Å². The van der Waals surface area contributed by atoms with E-state index < -0.39 is 10.0 Å². The summed E-state index contributed by atoms with van der Waals surface area (Å²) in [7, 11) is -1.77. The molecule has 7 nitrogen and oxygen atoms in total. The van der Waals surface area contributed by atoms with E-state index in [9.17, 15) is 8.42 Å². The van der Waals surface area contributed by atoms with Crippen LogP contribution in [0.5, 0.6) is 0 Å². The van der Waals surface area contributed by atoms with Crippen molar-refractivity contribution in [2.24, 2.45) is 0 Å². The lowest BCUT2D eigenvalue weighted by molar-refractivity contribution is 0.0762. The monoisotopic (exact) mass is 304 g/mol. The molecule has 0 fully saturated rings. The molecule has 116 valence electrons. The smallest absolute Gasteiger partial charge is 0.257 e. The van der Waals surface area contributed by atoms with E-state index in [4.69, 9.17) is 4.74 Å². The number of H-pyrrole nitrogens is 1. The molecule has 1 aromatic heterocycles. The Kier molecular flexibility index (Phi) is 7.14. The SMILES string of the molecule is CNCc1cn[nH]c1S(=O)(=O)NCCCCOC(C)C. The highest BCUT2D eigenvalue weighted by Gasteiger charge is 2.19. The molecule has 0 aromatic carbocycles. The summed E-state index contributed by atoms with van der Waals surface area (Å²) in [6, 6.07) is 0. The molecule has 0 saturated heterocycles. The van der Waals surface area contributed by atoms with Gasteiger partial charge < -0.3 is 10.1 Å². The molecule has 0 bridgehead atoms. The lowest BCUT2D eigenvalue weighted by Crippen LogP contribution is -2.26. The average molecular weight is 304 g/mol. The summed E-state index contributed by atoms with van der Waals surface area (Å²) in [6.07, 6.45) is 3.29. The van der Waals surface area contributed by atoms with Crippen molar-refractivity contribution < 1.29 is 13.2 Å². The van der Waals surface area contributed by atoms with Gasteiger partial charge in [-0.05, 0) is 33.7 Å². The number of unbranched alkanes of at least 4 members (excludes halogenated alkanes) is 1. The molecule has 1 rings (SSSR count). The number of ether oxygens (including phenoxy) is 1. The van der Waals surface area contributed by atoms with E-state index in [2.05, 4.69) is 20.2 Å². The molecular formula is C12H24N4O3S. The highest BCUT2D eigenvalue weighted by Crippen LogP contribution is 2.11. The Hall–Kier alpha value is -0.960. The number of nitrogens with zero attached hydrogens (tertiary/aromatic N) is 1. The minimum atomic E-state index is -3.52. The summed E-state index contributed by atoms with van der Waals surface area (Å²) >= 11 is 0. The molecule has 0 spiro atoms. The first-order chi connectivity index (χ1) is 9.47. The molecule has 20 heavy (non-hydrogen) atoms. The third-order valence-corrected chi connectivity index (χ3v) is 4.10. The first-order valence-corrected chi connectivity index (χ1v) is 8.23. The van der Waals surface area contributed by atoms with Gasteiger partial charge in [0.1, 0.15) is 0 Å². The van der Waals surface area contributed by atoms with Crippen molar-refractivity contribution in [3.8, 4) is 0 Å². The van der Waals surface area contributed by atoms with Crippen LogP contribution in [0, 0.1) is 0 Å². The summed E-state index contributed by atoms with van der Waals surface area (Å²) in [6.45, 7) is 5.44. The highest BCUT2D eigenvalue weighted by molar-refractivity contribution is 7.89. The Morgan fingerprint density at radius 1 is 1.40 bits per heavy atom. The van der Waals surface area contributed by atoms with Gasteiger partial charge in [0, 0.05) is 25.3 Å². The molecular weight excluding hydrogens is 280 g/mol. The normalized spacial score (nSPS) is 12.2. The summed E-state index contributed by atoms with van der Waals surface area (Å²) in [4.78, 5) is 0. The summed E-state index contributed by atoms with van der Waals surface area (Å²) in [5, 5.41) is 9.35. The van der Waals surface area contributed by atoms with E-state index in [1.807, 2.05) is 13.8 Å². The summed E-state index contributed by atoms with van der Waals surface area (Å²) < 4.78 is 32.1. The van der Waals surface area contributed by atoms with Crippen LogP contribution in [0.15, 0.2) is 11.2 Å². The fraction of sp³-hybridized carbons (Fsp3) is 0.750. The van der Waals surface area contributed by atoms with Crippen molar-refractivity contribution in [1.29, 1.82) is 0 Å². The number of hydrogen-bond acceptors (Lipinski definition) is 5. The Morgan fingerprint density at radius 2 is 2.15 bits per heavy atom. The maximum Gasteiger partial charge on any atom is 0.257 e. The van der Waals surface area contributed by atoms with Gasteiger partial charge in [0.25, 0.3) is 10.0 Å². The minimum Gasteiger partial charge on any atom is -0.379 e. The van der Waals surface area contributed by atoms with Crippen LogP contribution in [-0.4, -0.2) is 44.9 Å². The van der Waals surface area contributed by atoms with Gasteiger partial charge in [0.05, 0.1) is 12.3 Å². The van der Waals surface area contributed by atoms with Crippen LogP contribution >= 0.6 is 0 Å². The number of aromatic amines is 1. The van der Waals surface area contributed by atoms with E-state index in [1.165, 1.54) is 6.20 Å². The number of nitrogens with one attached hydrogen (secondary N) is 3. The molecule has 3 N–H and O–H groups in total. The molecule has 0 atom stereocenters. The molecule has 0 aliphatic carbocycles. The van der Waals surface area contributed by atoms with E-state index >= 15 is 0 Å². The molecule has 0 radical (unpaired) electrons. The van der Waals surface area contributed by atoms with Crippen molar-refractivity contribution in [2.45, 2.75) is 44.4 Å². The first kappa shape index (κ1) is 17.1. The van der Waals surface area contributed by atoms with Crippen LogP contribution in [0.3, 0.4) is 0 Å². The third-order valence-electron chi connectivity index (χ3n) is 2.63. The highest BCUT2D eigenvalue weighted by atomic mass is 32.2. The maximum atomic E-state index is 12.1. The van der Waals surface area contributed by atoms with Gasteiger partial charge in [-0.2, -0.15) is 5.10 Å². The van der Waals surface area contributed by atoms with Crippen LogP contribution in [-0.2, 0) is 21.3 Å². The van der Waals surface area contributed by atoms with Crippen LogP contribution in [0.25, 0.3) is 0 Å². The Labute approximate surface area is 120 Å². The summed E-state index contributed by atoms with van der Waals surface area (Å²) in [5.41, 5.74) is 0.628. The van der Waals surface area contributed by atoms with Gasteiger partial charge in [-0.25, -0.2) is 13.1 Å². The number of rotatable bonds is 10. The zero-order chi connectivity index (χ0) is 15.0. The molecule has 1 heterocycles. The number of hydrogen-bond donors (Lipinski definition) is 3. The number of aromatic nitrogens is 2. The van der Waals surface area contributed by atoms with Crippen LogP contribution in [0.4, 0.5) is 0 Å². The molecule has 0 aliphatic rings. The topological polar surface area (TPSA) is 96.1 Å². The molecule has 8 heteroatoms. The Morgan fingerprint density at radius 3 is 2.80 bits per heavy atom. The van der Waals surface area contributed by atoms with Crippen LogP contribution in [0.2, 0.25) is 0 Å². The molecule has 0 saturated carbocycles.